The van der Waals surface area contributed by atoms with Gasteiger partial charge in [-0.2, -0.15) is 5.10 Å². The zero-order chi connectivity index (χ0) is 19.2. The van der Waals surface area contributed by atoms with Crippen LogP contribution in [0, 0.1) is 11.7 Å². The Labute approximate surface area is 159 Å². The molecule has 0 unspecified atom stereocenters. The van der Waals surface area contributed by atoms with Crippen LogP contribution in [0.25, 0.3) is 11.3 Å². The van der Waals surface area contributed by atoms with E-state index in [1.165, 1.54) is 6.07 Å². The van der Waals surface area contributed by atoms with Crippen LogP contribution >= 0.6 is 0 Å². The molecule has 1 aromatic heterocycles. The number of carbonyl (C=O) groups is 1. The fourth-order valence-corrected chi connectivity index (χ4v) is 3.36. The van der Waals surface area contributed by atoms with Gasteiger partial charge in [0, 0.05) is 24.6 Å². The number of allylic oxidation sites excluding steroid dienone is 2. The molecule has 0 aliphatic heterocycles. The zero-order valence-electron chi connectivity index (χ0n) is 16.0. The molecule has 1 N–H and O–H groups in total. The first-order valence-electron chi connectivity index (χ1n) is 9.43. The number of halogens is 1. The van der Waals surface area contributed by atoms with Gasteiger partial charge in [0.05, 0.1) is 17.9 Å². The monoisotopic (exact) mass is 370 g/mol. The first-order chi connectivity index (χ1) is 13.0. The number of nitrogens with zero attached hydrogens (tertiary/aromatic N) is 3. The highest BCUT2D eigenvalue weighted by Crippen LogP contribution is 2.23. The van der Waals surface area contributed by atoms with Crippen molar-refractivity contribution in [3.05, 3.63) is 54.0 Å². The summed E-state index contributed by atoms with van der Waals surface area (Å²) in [6, 6.07) is 8.58. The van der Waals surface area contributed by atoms with E-state index in [9.17, 15) is 9.18 Å². The average molecular weight is 370 g/mol. The summed E-state index contributed by atoms with van der Waals surface area (Å²) < 4.78 is 16.0. The molecule has 1 amide bonds. The van der Waals surface area contributed by atoms with E-state index in [0.717, 1.165) is 25.0 Å². The number of carbonyl (C=O) groups excluding carboxylic acids is 1. The lowest BCUT2D eigenvalue weighted by molar-refractivity contribution is -0.125. The molecule has 2 aromatic rings. The molecule has 0 spiro atoms. The predicted molar refractivity (Wildman–Crippen MR) is 105 cm³/mol. The van der Waals surface area contributed by atoms with Crippen LogP contribution < -0.4 is 5.32 Å². The van der Waals surface area contributed by atoms with Gasteiger partial charge in [-0.25, -0.2) is 4.39 Å². The minimum Gasteiger partial charge on any atom is -0.354 e. The number of hydrogen-bond acceptors (Lipinski definition) is 3. The van der Waals surface area contributed by atoms with Crippen LogP contribution in [-0.2, 0) is 17.9 Å². The summed E-state index contributed by atoms with van der Waals surface area (Å²) in [5.74, 6) is -0.102. The summed E-state index contributed by atoms with van der Waals surface area (Å²) in [6.07, 6.45) is 6.91. The highest BCUT2D eigenvalue weighted by Gasteiger charge is 2.18. The van der Waals surface area contributed by atoms with Gasteiger partial charge < -0.3 is 10.2 Å². The second-order valence-electron chi connectivity index (χ2n) is 7.23. The third kappa shape index (κ3) is 5.04. The molecule has 6 heteroatoms. The van der Waals surface area contributed by atoms with E-state index in [1.54, 1.807) is 12.1 Å². The van der Waals surface area contributed by atoms with Crippen molar-refractivity contribution >= 4 is 5.91 Å². The second kappa shape index (κ2) is 8.95. The largest absolute Gasteiger partial charge is 0.354 e. The van der Waals surface area contributed by atoms with Crippen molar-refractivity contribution in [2.24, 2.45) is 5.92 Å². The van der Waals surface area contributed by atoms with Crippen LogP contribution in [0.1, 0.15) is 25.0 Å². The van der Waals surface area contributed by atoms with E-state index >= 15 is 0 Å². The van der Waals surface area contributed by atoms with Crippen LogP contribution in [0.15, 0.2) is 42.5 Å². The summed E-state index contributed by atoms with van der Waals surface area (Å²) in [4.78, 5) is 14.3. The van der Waals surface area contributed by atoms with Crippen LogP contribution in [0.4, 0.5) is 4.39 Å². The fraction of sp³-hybridized carbons (Fsp3) is 0.429. The SMILES string of the molecule is CN(C)Cc1cc(-c2ccccc2F)nn1CCNC(=O)[C@H]1CC=CCC1. The van der Waals surface area contributed by atoms with Crippen molar-refractivity contribution in [3.8, 4) is 11.3 Å². The van der Waals surface area contributed by atoms with E-state index < -0.39 is 0 Å². The Morgan fingerprint density at radius 1 is 1.33 bits per heavy atom. The highest BCUT2D eigenvalue weighted by atomic mass is 19.1. The molecule has 0 radical (unpaired) electrons. The van der Waals surface area contributed by atoms with Crippen molar-refractivity contribution in [2.45, 2.75) is 32.4 Å². The van der Waals surface area contributed by atoms with Crippen molar-refractivity contribution in [1.29, 1.82) is 0 Å². The smallest absolute Gasteiger partial charge is 0.223 e. The molecule has 5 nitrogen and oxygen atoms in total. The summed E-state index contributed by atoms with van der Waals surface area (Å²) in [6.45, 7) is 1.77. The van der Waals surface area contributed by atoms with Gasteiger partial charge in [0.1, 0.15) is 5.82 Å². The van der Waals surface area contributed by atoms with Crippen molar-refractivity contribution < 1.29 is 9.18 Å². The first kappa shape index (κ1) is 19.3. The van der Waals surface area contributed by atoms with Crippen molar-refractivity contribution in [1.82, 2.24) is 20.0 Å². The molecule has 144 valence electrons. The lowest BCUT2D eigenvalue weighted by Gasteiger charge is -2.17. The number of hydrogen-bond donors (Lipinski definition) is 1. The Hall–Kier alpha value is -2.47. The maximum absolute atomic E-state index is 14.1. The molecule has 27 heavy (non-hydrogen) atoms. The number of amides is 1. The van der Waals surface area contributed by atoms with Crippen LogP contribution in [-0.4, -0.2) is 41.2 Å². The van der Waals surface area contributed by atoms with Gasteiger partial charge in [-0.3, -0.25) is 9.48 Å². The van der Waals surface area contributed by atoms with Crippen LogP contribution in [0.2, 0.25) is 0 Å². The molecular weight excluding hydrogens is 343 g/mol. The lowest BCUT2D eigenvalue weighted by Crippen LogP contribution is -2.34. The molecule has 1 heterocycles. The molecule has 0 fully saturated rings. The topological polar surface area (TPSA) is 50.2 Å². The van der Waals surface area contributed by atoms with Gasteiger partial charge in [0.15, 0.2) is 0 Å². The summed E-state index contributed by atoms with van der Waals surface area (Å²) in [5, 5.41) is 7.61. The highest BCUT2D eigenvalue weighted by molar-refractivity contribution is 5.78. The van der Waals surface area contributed by atoms with Crippen LogP contribution in [0.3, 0.4) is 0 Å². The Kier molecular flexibility index (Phi) is 6.40. The molecular formula is C21H27FN4O. The molecule has 1 aromatic carbocycles. The van der Waals surface area contributed by atoms with Gasteiger partial charge in [0.2, 0.25) is 5.91 Å². The average Bonchev–Trinajstić information content (AvgIpc) is 3.04. The molecule has 1 aliphatic rings. The number of benzene rings is 1. The Morgan fingerprint density at radius 3 is 2.85 bits per heavy atom. The molecule has 3 rings (SSSR count). The third-order valence-electron chi connectivity index (χ3n) is 4.75. The lowest BCUT2D eigenvalue weighted by atomic mass is 9.94. The molecule has 0 saturated carbocycles. The normalized spacial score (nSPS) is 16.7. The van der Waals surface area contributed by atoms with E-state index in [2.05, 4.69) is 22.6 Å². The first-order valence-corrected chi connectivity index (χ1v) is 9.43. The van der Waals surface area contributed by atoms with Gasteiger partial charge in [-0.15, -0.1) is 0 Å². The number of nitrogens with one attached hydrogen (secondary N) is 1. The Bertz CT molecular complexity index is 812. The van der Waals surface area contributed by atoms with Crippen LogP contribution in [0.5, 0.6) is 0 Å². The zero-order valence-corrected chi connectivity index (χ0v) is 16.0. The summed E-state index contributed by atoms with van der Waals surface area (Å²) in [7, 11) is 3.97. The number of rotatable bonds is 7. The summed E-state index contributed by atoms with van der Waals surface area (Å²) in [5.41, 5.74) is 2.11. The van der Waals surface area contributed by atoms with Gasteiger partial charge in [0.25, 0.3) is 0 Å². The Morgan fingerprint density at radius 2 is 2.15 bits per heavy atom. The van der Waals surface area contributed by atoms with Crippen molar-refractivity contribution in [2.75, 3.05) is 20.6 Å². The van der Waals surface area contributed by atoms with E-state index in [-0.39, 0.29) is 17.6 Å². The van der Waals surface area contributed by atoms with Gasteiger partial charge >= 0.3 is 0 Å². The van der Waals surface area contributed by atoms with E-state index in [1.807, 2.05) is 35.8 Å². The quantitative estimate of drug-likeness (QED) is 0.762. The predicted octanol–water partition coefficient (Wildman–Crippen LogP) is 3.22. The molecule has 1 aliphatic carbocycles. The van der Waals surface area contributed by atoms with Gasteiger partial charge in [-0.1, -0.05) is 24.3 Å². The van der Waals surface area contributed by atoms with Crippen molar-refractivity contribution in [3.63, 3.8) is 0 Å². The third-order valence-corrected chi connectivity index (χ3v) is 4.75. The maximum Gasteiger partial charge on any atom is 0.223 e. The standard InChI is InChI=1S/C21H27FN4O/c1-25(2)15-17-14-20(18-10-6-7-11-19(18)22)24-26(17)13-12-23-21(27)16-8-4-3-5-9-16/h3-4,6-7,10-11,14,16H,5,8-9,12-13,15H2,1-2H3,(H,23,27)/t16-/m0/s1. The molecule has 1 atom stereocenters. The number of aromatic nitrogens is 2. The van der Waals surface area contributed by atoms with E-state index in [4.69, 9.17) is 0 Å². The maximum atomic E-state index is 14.1. The fourth-order valence-electron chi connectivity index (χ4n) is 3.36. The minimum atomic E-state index is -0.280. The minimum absolute atomic E-state index is 0.0721. The summed E-state index contributed by atoms with van der Waals surface area (Å²) >= 11 is 0. The van der Waals surface area contributed by atoms with E-state index in [0.29, 0.717) is 30.9 Å². The molecule has 0 saturated heterocycles. The Balaban J connectivity index is 1.69. The van der Waals surface area contributed by atoms with Gasteiger partial charge in [-0.05, 0) is 51.6 Å². The molecule has 0 bridgehead atoms. The second-order valence-corrected chi connectivity index (χ2v) is 7.23.